The molecule has 1 aliphatic heterocycles. The van der Waals surface area contributed by atoms with Crippen molar-refractivity contribution in [2.45, 2.75) is 38.5 Å². The van der Waals surface area contributed by atoms with Crippen molar-refractivity contribution in [1.82, 2.24) is 5.32 Å². The van der Waals surface area contributed by atoms with Crippen molar-refractivity contribution in [2.24, 2.45) is 0 Å². The van der Waals surface area contributed by atoms with Crippen LogP contribution in [0, 0.1) is 0 Å². The van der Waals surface area contributed by atoms with Crippen LogP contribution in [0.15, 0.2) is 28.7 Å². The van der Waals surface area contributed by atoms with Gasteiger partial charge >= 0.3 is 0 Å². The van der Waals surface area contributed by atoms with E-state index in [0.717, 1.165) is 43.5 Å². The molecule has 1 aromatic carbocycles. The highest BCUT2D eigenvalue weighted by Gasteiger charge is 2.21. The van der Waals surface area contributed by atoms with E-state index in [1.807, 2.05) is 0 Å². The SMILES string of the molecule is CCCNC(Cc1cccc(Br)c1)CC1OCCO1. The van der Waals surface area contributed by atoms with Gasteiger partial charge in [0.25, 0.3) is 0 Å². The minimum atomic E-state index is -0.0403. The maximum atomic E-state index is 5.55. The first-order valence-corrected chi connectivity index (χ1v) is 7.78. The van der Waals surface area contributed by atoms with Gasteiger partial charge in [-0.25, -0.2) is 0 Å². The topological polar surface area (TPSA) is 30.5 Å². The molecule has 0 radical (unpaired) electrons. The van der Waals surface area contributed by atoms with Gasteiger partial charge in [0.2, 0.25) is 0 Å². The Morgan fingerprint density at radius 1 is 1.37 bits per heavy atom. The van der Waals surface area contributed by atoms with Crippen molar-refractivity contribution in [1.29, 1.82) is 0 Å². The molecular weight excluding hydrogens is 306 g/mol. The zero-order valence-electron chi connectivity index (χ0n) is 11.4. The van der Waals surface area contributed by atoms with Crippen LogP contribution in [0.5, 0.6) is 0 Å². The summed E-state index contributed by atoms with van der Waals surface area (Å²) in [5, 5.41) is 3.59. The lowest BCUT2D eigenvalue weighted by Crippen LogP contribution is -2.35. The Morgan fingerprint density at radius 2 is 2.16 bits per heavy atom. The molecule has 1 saturated heterocycles. The second kappa shape index (κ2) is 8.00. The van der Waals surface area contributed by atoms with Crippen molar-refractivity contribution in [3.63, 3.8) is 0 Å². The molecule has 1 atom stereocenters. The molecule has 0 aromatic heterocycles. The fourth-order valence-electron chi connectivity index (χ4n) is 2.31. The van der Waals surface area contributed by atoms with Crippen LogP contribution < -0.4 is 5.32 Å². The van der Waals surface area contributed by atoms with E-state index in [1.165, 1.54) is 5.56 Å². The van der Waals surface area contributed by atoms with E-state index in [0.29, 0.717) is 6.04 Å². The summed E-state index contributed by atoms with van der Waals surface area (Å²) in [7, 11) is 0. The van der Waals surface area contributed by atoms with E-state index in [-0.39, 0.29) is 6.29 Å². The normalized spacial score (nSPS) is 17.8. The second-order valence-corrected chi connectivity index (χ2v) is 5.81. The largest absolute Gasteiger partial charge is 0.350 e. The minimum Gasteiger partial charge on any atom is -0.350 e. The van der Waals surface area contributed by atoms with Gasteiger partial charge in [0.15, 0.2) is 6.29 Å². The molecule has 19 heavy (non-hydrogen) atoms. The van der Waals surface area contributed by atoms with Crippen LogP contribution in [-0.2, 0) is 15.9 Å². The van der Waals surface area contributed by atoms with Crippen LogP contribution >= 0.6 is 15.9 Å². The van der Waals surface area contributed by atoms with E-state index < -0.39 is 0 Å². The molecular formula is C15H22BrNO2. The number of halogens is 1. The van der Waals surface area contributed by atoms with Crippen LogP contribution in [-0.4, -0.2) is 32.1 Å². The molecule has 106 valence electrons. The highest BCUT2D eigenvalue weighted by Crippen LogP contribution is 2.17. The maximum absolute atomic E-state index is 5.55. The minimum absolute atomic E-state index is 0.0403. The highest BCUT2D eigenvalue weighted by molar-refractivity contribution is 9.10. The summed E-state index contributed by atoms with van der Waals surface area (Å²) in [6, 6.07) is 8.89. The Morgan fingerprint density at radius 3 is 2.84 bits per heavy atom. The Kier molecular flexibility index (Phi) is 6.31. The fraction of sp³-hybridized carbons (Fsp3) is 0.600. The van der Waals surface area contributed by atoms with Gasteiger partial charge in [-0.05, 0) is 37.1 Å². The van der Waals surface area contributed by atoms with Crippen LogP contribution in [0.1, 0.15) is 25.3 Å². The van der Waals surface area contributed by atoms with E-state index in [2.05, 4.69) is 52.4 Å². The summed E-state index contributed by atoms with van der Waals surface area (Å²) in [5.74, 6) is 0. The van der Waals surface area contributed by atoms with Crippen LogP contribution in [0.4, 0.5) is 0 Å². The third-order valence-electron chi connectivity index (χ3n) is 3.22. The molecule has 1 N–H and O–H groups in total. The molecule has 0 spiro atoms. The average Bonchev–Trinajstić information content (AvgIpc) is 2.89. The van der Waals surface area contributed by atoms with E-state index in [9.17, 15) is 0 Å². The first kappa shape index (κ1) is 15.0. The summed E-state index contributed by atoms with van der Waals surface area (Å²) in [5.41, 5.74) is 1.33. The lowest BCUT2D eigenvalue weighted by atomic mass is 10.0. The van der Waals surface area contributed by atoms with Crippen LogP contribution in [0.3, 0.4) is 0 Å². The maximum Gasteiger partial charge on any atom is 0.159 e. The number of ether oxygens (including phenoxy) is 2. The molecule has 0 amide bonds. The summed E-state index contributed by atoms with van der Waals surface area (Å²) in [6.07, 6.45) is 3.01. The summed E-state index contributed by atoms with van der Waals surface area (Å²) >= 11 is 3.52. The first-order chi connectivity index (χ1) is 9.28. The van der Waals surface area contributed by atoms with Gasteiger partial charge in [-0.15, -0.1) is 0 Å². The predicted molar refractivity (Wildman–Crippen MR) is 80.2 cm³/mol. The molecule has 3 nitrogen and oxygen atoms in total. The van der Waals surface area contributed by atoms with Gasteiger partial charge in [-0.2, -0.15) is 0 Å². The molecule has 1 unspecified atom stereocenters. The third-order valence-corrected chi connectivity index (χ3v) is 3.72. The number of hydrogen-bond donors (Lipinski definition) is 1. The molecule has 1 fully saturated rings. The van der Waals surface area contributed by atoms with E-state index >= 15 is 0 Å². The van der Waals surface area contributed by atoms with Gasteiger partial charge in [0.05, 0.1) is 13.2 Å². The van der Waals surface area contributed by atoms with Crippen molar-refractivity contribution in [3.05, 3.63) is 34.3 Å². The molecule has 0 bridgehead atoms. The van der Waals surface area contributed by atoms with Gasteiger partial charge in [0, 0.05) is 16.9 Å². The predicted octanol–water partition coefficient (Wildman–Crippen LogP) is 3.12. The molecule has 4 heteroatoms. The third kappa shape index (κ3) is 5.22. The Labute approximate surface area is 123 Å². The van der Waals surface area contributed by atoms with Crippen molar-refractivity contribution in [2.75, 3.05) is 19.8 Å². The Balaban J connectivity index is 1.92. The molecule has 0 saturated carbocycles. The van der Waals surface area contributed by atoms with Crippen molar-refractivity contribution >= 4 is 15.9 Å². The summed E-state index contributed by atoms with van der Waals surface area (Å²) < 4.78 is 12.2. The lowest BCUT2D eigenvalue weighted by Gasteiger charge is -2.21. The molecule has 1 heterocycles. The van der Waals surface area contributed by atoms with Gasteiger partial charge in [0.1, 0.15) is 0 Å². The quantitative estimate of drug-likeness (QED) is 0.834. The monoisotopic (exact) mass is 327 g/mol. The van der Waals surface area contributed by atoms with Crippen molar-refractivity contribution in [3.8, 4) is 0 Å². The van der Waals surface area contributed by atoms with E-state index in [1.54, 1.807) is 0 Å². The Bertz CT molecular complexity index is 380. The second-order valence-electron chi connectivity index (χ2n) is 4.89. The standard InChI is InChI=1S/C15H22BrNO2/c1-2-6-17-14(11-15-18-7-8-19-15)10-12-4-3-5-13(16)9-12/h3-5,9,14-15,17H,2,6-8,10-11H2,1H3. The molecule has 1 aliphatic rings. The zero-order valence-corrected chi connectivity index (χ0v) is 13.0. The Hall–Kier alpha value is -0.420. The van der Waals surface area contributed by atoms with Crippen LogP contribution in [0.25, 0.3) is 0 Å². The number of nitrogens with one attached hydrogen (secondary N) is 1. The van der Waals surface area contributed by atoms with Gasteiger partial charge in [-0.1, -0.05) is 35.0 Å². The molecule has 1 aromatic rings. The molecule has 0 aliphatic carbocycles. The van der Waals surface area contributed by atoms with Crippen molar-refractivity contribution < 1.29 is 9.47 Å². The van der Waals surface area contributed by atoms with E-state index in [4.69, 9.17) is 9.47 Å². The summed E-state index contributed by atoms with van der Waals surface area (Å²) in [4.78, 5) is 0. The van der Waals surface area contributed by atoms with Crippen LogP contribution in [0.2, 0.25) is 0 Å². The van der Waals surface area contributed by atoms with Gasteiger partial charge < -0.3 is 14.8 Å². The fourth-order valence-corrected chi connectivity index (χ4v) is 2.76. The first-order valence-electron chi connectivity index (χ1n) is 6.99. The lowest BCUT2D eigenvalue weighted by molar-refractivity contribution is -0.0526. The number of benzene rings is 1. The average molecular weight is 328 g/mol. The zero-order chi connectivity index (χ0) is 13.5. The smallest absolute Gasteiger partial charge is 0.159 e. The highest BCUT2D eigenvalue weighted by atomic mass is 79.9. The molecule has 2 rings (SSSR count). The summed E-state index contributed by atoms with van der Waals surface area (Å²) in [6.45, 7) is 4.67. The number of rotatable bonds is 7. The van der Waals surface area contributed by atoms with Gasteiger partial charge in [-0.3, -0.25) is 0 Å². The number of hydrogen-bond acceptors (Lipinski definition) is 3.